The lowest BCUT2D eigenvalue weighted by Gasteiger charge is -2.43. The number of carbonyl (C=O) groups excluding carboxylic acids is 1. The van der Waals surface area contributed by atoms with Gasteiger partial charge in [0.1, 0.15) is 5.60 Å². The van der Waals surface area contributed by atoms with E-state index >= 15 is 0 Å². The SMILES string of the molecule is C=CC[C@]1(c2ccccc2)CCN([C@@H](C)c2ccc(-c3cccs3)cc2)C(=O)O1. The quantitative estimate of drug-likeness (QED) is 0.424. The molecule has 1 aliphatic heterocycles. The van der Waals surface area contributed by atoms with Crippen molar-refractivity contribution in [1.82, 2.24) is 4.90 Å². The summed E-state index contributed by atoms with van der Waals surface area (Å²) in [6.45, 7) is 6.59. The maximum atomic E-state index is 13.0. The van der Waals surface area contributed by atoms with Crippen LogP contribution in [0.4, 0.5) is 4.79 Å². The van der Waals surface area contributed by atoms with E-state index in [1.807, 2.05) is 41.3 Å². The molecule has 4 heteroatoms. The smallest absolute Gasteiger partial charge is 0.411 e. The van der Waals surface area contributed by atoms with E-state index in [0.29, 0.717) is 13.0 Å². The van der Waals surface area contributed by atoms with Crippen LogP contribution >= 0.6 is 11.3 Å². The van der Waals surface area contributed by atoms with Gasteiger partial charge in [-0.1, -0.05) is 66.7 Å². The van der Waals surface area contributed by atoms with E-state index in [-0.39, 0.29) is 12.1 Å². The van der Waals surface area contributed by atoms with Crippen molar-refractivity contribution in [2.45, 2.75) is 31.4 Å². The first kappa shape index (κ1) is 19.5. The van der Waals surface area contributed by atoms with Crippen molar-refractivity contribution in [3.8, 4) is 10.4 Å². The number of cyclic esters (lactones) is 1. The lowest BCUT2D eigenvalue weighted by Crippen LogP contribution is -2.48. The molecule has 29 heavy (non-hydrogen) atoms. The molecule has 3 nitrogen and oxygen atoms in total. The number of hydrogen-bond donors (Lipinski definition) is 0. The summed E-state index contributed by atoms with van der Waals surface area (Å²) in [5.41, 5.74) is 2.71. The normalized spacial score (nSPS) is 20.2. The largest absolute Gasteiger partial charge is 0.437 e. The fourth-order valence-corrected chi connectivity index (χ4v) is 4.74. The third kappa shape index (κ3) is 3.85. The molecule has 1 amide bonds. The number of rotatable bonds is 6. The Hall–Kier alpha value is -2.85. The Morgan fingerprint density at radius 2 is 1.90 bits per heavy atom. The maximum absolute atomic E-state index is 13.0. The lowest BCUT2D eigenvalue weighted by atomic mass is 9.85. The molecule has 2 heterocycles. The van der Waals surface area contributed by atoms with Gasteiger partial charge in [0, 0.05) is 24.3 Å². The van der Waals surface area contributed by atoms with E-state index in [0.717, 1.165) is 17.5 Å². The van der Waals surface area contributed by atoms with Gasteiger partial charge in [0.25, 0.3) is 0 Å². The topological polar surface area (TPSA) is 29.5 Å². The molecule has 4 rings (SSSR count). The standard InChI is InChI=1S/C25H25NO2S/c1-3-15-25(22-8-5-4-6-9-22)16-17-26(24(27)28-25)19(2)20-11-13-21(14-12-20)23-10-7-18-29-23/h3-14,18-19H,1,15-17H2,2H3/t19-,25+/m0/s1. The van der Waals surface area contributed by atoms with E-state index in [9.17, 15) is 4.79 Å². The van der Waals surface area contributed by atoms with Gasteiger partial charge in [-0.25, -0.2) is 4.79 Å². The molecular formula is C25H25NO2S. The van der Waals surface area contributed by atoms with Crippen LogP contribution in [-0.2, 0) is 10.3 Å². The molecule has 3 aromatic rings. The fourth-order valence-electron chi connectivity index (χ4n) is 4.01. The molecule has 1 saturated heterocycles. The van der Waals surface area contributed by atoms with Crippen LogP contribution in [0.5, 0.6) is 0 Å². The molecule has 0 spiro atoms. The van der Waals surface area contributed by atoms with Gasteiger partial charge in [0.2, 0.25) is 0 Å². The van der Waals surface area contributed by atoms with Gasteiger partial charge in [-0.3, -0.25) is 0 Å². The minimum Gasteiger partial charge on any atom is -0.437 e. The number of thiophene rings is 1. The molecule has 0 saturated carbocycles. The van der Waals surface area contributed by atoms with Crippen molar-refractivity contribution >= 4 is 17.4 Å². The Morgan fingerprint density at radius 3 is 2.52 bits per heavy atom. The average Bonchev–Trinajstić information content (AvgIpc) is 3.29. The molecule has 0 unspecified atom stereocenters. The Morgan fingerprint density at radius 1 is 1.14 bits per heavy atom. The summed E-state index contributed by atoms with van der Waals surface area (Å²) in [4.78, 5) is 16.1. The summed E-state index contributed by atoms with van der Waals surface area (Å²) >= 11 is 1.73. The van der Waals surface area contributed by atoms with Gasteiger partial charge >= 0.3 is 6.09 Å². The van der Waals surface area contributed by atoms with Gasteiger partial charge < -0.3 is 9.64 Å². The number of hydrogen-bond acceptors (Lipinski definition) is 3. The van der Waals surface area contributed by atoms with Crippen molar-refractivity contribution in [2.24, 2.45) is 0 Å². The highest BCUT2D eigenvalue weighted by Gasteiger charge is 2.42. The van der Waals surface area contributed by atoms with Crippen LogP contribution in [0.15, 0.2) is 84.8 Å². The van der Waals surface area contributed by atoms with Gasteiger partial charge in [-0.05, 0) is 35.1 Å². The molecule has 0 radical (unpaired) electrons. The molecule has 148 valence electrons. The molecule has 1 aliphatic rings. The van der Waals surface area contributed by atoms with Crippen LogP contribution in [0.2, 0.25) is 0 Å². The van der Waals surface area contributed by atoms with Gasteiger partial charge in [0.05, 0.1) is 6.04 Å². The first-order valence-corrected chi connectivity index (χ1v) is 10.8. The van der Waals surface area contributed by atoms with Crippen molar-refractivity contribution in [3.05, 3.63) is 95.9 Å². The molecular weight excluding hydrogens is 378 g/mol. The van der Waals surface area contributed by atoms with Gasteiger partial charge in [-0.2, -0.15) is 0 Å². The van der Waals surface area contributed by atoms with Crippen LogP contribution in [0.1, 0.15) is 36.9 Å². The van der Waals surface area contributed by atoms with E-state index in [2.05, 4.69) is 55.3 Å². The third-order valence-electron chi connectivity index (χ3n) is 5.71. The van der Waals surface area contributed by atoms with E-state index in [1.165, 1.54) is 10.4 Å². The minimum absolute atomic E-state index is 0.0441. The summed E-state index contributed by atoms with van der Waals surface area (Å²) in [5, 5.41) is 2.08. The van der Waals surface area contributed by atoms with Crippen LogP contribution < -0.4 is 0 Å². The highest BCUT2D eigenvalue weighted by molar-refractivity contribution is 7.13. The Bertz CT molecular complexity index is 966. The van der Waals surface area contributed by atoms with Crippen molar-refractivity contribution in [1.29, 1.82) is 0 Å². The lowest BCUT2D eigenvalue weighted by molar-refractivity contribution is -0.0588. The second-order valence-corrected chi connectivity index (χ2v) is 8.39. The zero-order chi connectivity index (χ0) is 20.3. The van der Waals surface area contributed by atoms with Crippen molar-refractivity contribution in [3.63, 3.8) is 0 Å². The van der Waals surface area contributed by atoms with Crippen LogP contribution in [-0.4, -0.2) is 17.5 Å². The number of nitrogens with zero attached hydrogens (tertiary/aromatic N) is 1. The summed E-state index contributed by atoms with van der Waals surface area (Å²) in [6.07, 6.45) is 2.92. The molecule has 2 aromatic carbocycles. The molecule has 0 aliphatic carbocycles. The number of carbonyl (C=O) groups is 1. The minimum atomic E-state index is -0.626. The number of benzene rings is 2. The van der Waals surface area contributed by atoms with Crippen molar-refractivity contribution < 1.29 is 9.53 Å². The number of amides is 1. The predicted molar refractivity (Wildman–Crippen MR) is 119 cm³/mol. The Balaban J connectivity index is 1.52. The van der Waals surface area contributed by atoms with Gasteiger partial charge in [0.15, 0.2) is 0 Å². The summed E-state index contributed by atoms with van der Waals surface area (Å²) in [5.74, 6) is 0. The van der Waals surface area contributed by atoms with E-state index in [1.54, 1.807) is 11.3 Å². The van der Waals surface area contributed by atoms with Crippen molar-refractivity contribution in [2.75, 3.05) is 6.54 Å². The zero-order valence-corrected chi connectivity index (χ0v) is 17.4. The van der Waals surface area contributed by atoms with Crippen LogP contribution in [0.3, 0.4) is 0 Å². The highest BCUT2D eigenvalue weighted by Crippen LogP contribution is 2.40. The second kappa shape index (κ2) is 8.26. The predicted octanol–water partition coefficient (Wildman–Crippen LogP) is 6.79. The fraction of sp³-hybridized carbons (Fsp3) is 0.240. The van der Waals surface area contributed by atoms with Crippen LogP contribution in [0, 0.1) is 0 Å². The second-order valence-electron chi connectivity index (χ2n) is 7.44. The molecule has 2 atom stereocenters. The first-order chi connectivity index (χ1) is 14.1. The summed E-state index contributed by atoms with van der Waals surface area (Å²) < 4.78 is 6.06. The Kier molecular flexibility index (Phi) is 5.54. The van der Waals surface area contributed by atoms with Crippen LogP contribution in [0.25, 0.3) is 10.4 Å². The van der Waals surface area contributed by atoms with E-state index < -0.39 is 5.60 Å². The average molecular weight is 404 g/mol. The highest BCUT2D eigenvalue weighted by atomic mass is 32.1. The molecule has 1 aromatic heterocycles. The summed E-state index contributed by atoms with van der Waals surface area (Å²) in [6, 6.07) is 22.6. The summed E-state index contributed by atoms with van der Waals surface area (Å²) in [7, 11) is 0. The monoisotopic (exact) mass is 403 g/mol. The first-order valence-electron chi connectivity index (χ1n) is 9.93. The molecule has 0 bridgehead atoms. The van der Waals surface area contributed by atoms with E-state index in [4.69, 9.17) is 4.74 Å². The molecule has 0 N–H and O–H groups in total. The van der Waals surface area contributed by atoms with Gasteiger partial charge in [-0.15, -0.1) is 17.9 Å². The maximum Gasteiger partial charge on any atom is 0.411 e. The number of ether oxygens (including phenoxy) is 1. The third-order valence-corrected chi connectivity index (χ3v) is 6.63. The molecule has 1 fully saturated rings. The Labute approximate surface area is 176 Å². The zero-order valence-electron chi connectivity index (χ0n) is 16.6.